The van der Waals surface area contributed by atoms with Crippen LogP contribution in [0.25, 0.3) is 0 Å². The van der Waals surface area contributed by atoms with Gasteiger partial charge in [-0.2, -0.15) is 0 Å². The Morgan fingerprint density at radius 2 is 2.14 bits per heavy atom. The van der Waals surface area contributed by atoms with Crippen molar-refractivity contribution in [3.63, 3.8) is 0 Å². The minimum atomic E-state index is 0.0478. The molecule has 6 nitrogen and oxygen atoms in total. The van der Waals surface area contributed by atoms with Crippen molar-refractivity contribution in [2.45, 2.75) is 25.5 Å². The minimum Gasteiger partial charge on any atom is -0.394 e. The van der Waals surface area contributed by atoms with Crippen molar-refractivity contribution in [2.75, 3.05) is 40.0 Å². The van der Waals surface area contributed by atoms with Crippen molar-refractivity contribution in [2.24, 2.45) is 0 Å². The lowest BCUT2D eigenvalue weighted by Gasteiger charge is -2.32. The summed E-state index contributed by atoms with van der Waals surface area (Å²) in [5, 5.41) is 8.76. The van der Waals surface area contributed by atoms with Gasteiger partial charge in [-0.05, 0) is 25.0 Å². The summed E-state index contributed by atoms with van der Waals surface area (Å²) < 4.78 is 12.5. The van der Waals surface area contributed by atoms with Gasteiger partial charge in [-0.1, -0.05) is 0 Å². The van der Waals surface area contributed by atoms with E-state index in [1.807, 2.05) is 27.8 Å². The fourth-order valence-electron chi connectivity index (χ4n) is 2.60. The Morgan fingerprint density at radius 1 is 1.38 bits per heavy atom. The average Bonchev–Trinajstić information content (AvgIpc) is 2.99. The molecule has 1 aromatic rings. The summed E-state index contributed by atoms with van der Waals surface area (Å²) in [6.45, 7) is 3.09. The Kier molecular flexibility index (Phi) is 6.22. The molecule has 0 atom stereocenters. The molecular weight excluding hydrogens is 272 g/mol. The van der Waals surface area contributed by atoms with Gasteiger partial charge in [0.1, 0.15) is 5.69 Å². The molecule has 1 saturated heterocycles. The lowest BCUT2D eigenvalue weighted by atomic mass is 10.1. The highest BCUT2D eigenvalue weighted by Crippen LogP contribution is 2.16. The molecule has 1 amide bonds. The molecule has 0 spiro atoms. The molecule has 0 aromatic carbocycles. The highest BCUT2D eigenvalue weighted by Gasteiger charge is 2.25. The predicted octanol–water partition coefficient (Wildman–Crippen LogP) is 0.748. The van der Waals surface area contributed by atoms with Crippen LogP contribution in [0.4, 0.5) is 0 Å². The molecule has 21 heavy (non-hydrogen) atoms. The predicted molar refractivity (Wildman–Crippen MR) is 78.3 cm³/mol. The van der Waals surface area contributed by atoms with Crippen LogP contribution in [0, 0.1) is 0 Å². The van der Waals surface area contributed by atoms with Crippen LogP contribution in [0.15, 0.2) is 18.3 Å². The fraction of sp³-hybridized carbons (Fsp3) is 0.667. The molecule has 0 aliphatic carbocycles. The number of carbonyl (C=O) groups is 1. The molecular formula is C15H24N2O4. The second-order valence-corrected chi connectivity index (χ2v) is 5.17. The van der Waals surface area contributed by atoms with E-state index in [1.54, 1.807) is 7.11 Å². The molecule has 2 rings (SSSR count). The molecule has 0 saturated carbocycles. The van der Waals surface area contributed by atoms with Crippen LogP contribution in [0.2, 0.25) is 0 Å². The Balaban J connectivity index is 1.88. The number of aliphatic hydroxyl groups is 1. The fourth-order valence-corrected chi connectivity index (χ4v) is 2.60. The van der Waals surface area contributed by atoms with Crippen molar-refractivity contribution < 1.29 is 19.4 Å². The number of carbonyl (C=O) groups excluding carboxylic acids is 1. The van der Waals surface area contributed by atoms with E-state index in [0.717, 1.165) is 12.8 Å². The van der Waals surface area contributed by atoms with E-state index in [2.05, 4.69) is 0 Å². The summed E-state index contributed by atoms with van der Waals surface area (Å²) in [7, 11) is 1.65. The smallest absolute Gasteiger partial charge is 0.270 e. The quantitative estimate of drug-likeness (QED) is 0.806. The zero-order chi connectivity index (χ0) is 15.1. The lowest BCUT2D eigenvalue weighted by molar-refractivity contribution is -0.00574. The molecule has 1 aromatic heterocycles. The maximum Gasteiger partial charge on any atom is 0.270 e. The normalized spacial score (nSPS) is 16.4. The van der Waals surface area contributed by atoms with Crippen LogP contribution >= 0.6 is 0 Å². The molecule has 1 aliphatic rings. The first-order valence-electron chi connectivity index (χ1n) is 7.42. The number of aromatic nitrogens is 1. The van der Waals surface area contributed by atoms with Gasteiger partial charge in [0.05, 0.1) is 25.9 Å². The van der Waals surface area contributed by atoms with Gasteiger partial charge >= 0.3 is 0 Å². The molecule has 0 unspecified atom stereocenters. The number of likely N-dealkylation sites (tertiary alicyclic amines) is 1. The Bertz CT molecular complexity index is 439. The molecule has 1 N–H and O–H groups in total. The molecule has 1 aliphatic heterocycles. The maximum atomic E-state index is 12.5. The maximum absolute atomic E-state index is 12.5. The van der Waals surface area contributed by atoms with E-state index >= 15 is 0 Å². The first-order chi connectivity index (χ1) is 10.3. The van der Waals surface area contributed by atoms with Gasteiger partial charge in [-0.3, -0.25) is 4.79 Å². The van der Waals surface area contributed by atoms with E-state index in [9.17, 15) is 4.79 Å². The Hall–Kier alpha value is -1.37. The van der Waals surface area contributed by atoms with Gasteiger partial charge < -0.3 is 24.0 Å². The second-order valence-electron chi connectivity index (χ2n) is 5.17. The molecule has 0 bridgehead atoms. The zero-order valence-corrected chi connectivity index (χ0v) is 12.5. The summed E-state index contributed by atoms with van der Waals surface area (Å²) in [4.78, 5) is 14.4. The Morgan fingerprint density at radius 3 is 2.81 bits per heavy atom. The van der Waals surface area contributed by atoms with Crippen LogP contribution in [0.3, 0.4) is 0 Å². The summed E-state index contributed by atoms with van der Waals surface area (Å²) in [6, 6.07) is 3.74. The Labute approximate surface area is 125 Å². The van der Waals surface area contributed by atoms with Crippen molar-refractivity contribution >= 4 is 5.91 Å². The number of hydrogen-bond donors (Lipinski definition) is 1. The summed E-state index contributed by atoms with van der Waals surface area (Å²) in [5.41, 5.74) is 0.710. The van der Waals surface area contributed by atoms with Crippen molar-refractivity contribution in [3.8, 4) is 0 Å². The summed E-state index contributed by atoms with van der Waals surface area (Å²) >= 11 is 0. The molecule has 0 radical (unpaired) electrons. The van der Waals surface area contributed by atoms with E-state index in [4.69, 9.17) is 14.6 Å². The molecule has 2 heterocycles. The van der Waals surface area contributed by atoms with Gasteiger partial charge in [0.2, 0.25) is 0 Å². The number of methoxy groups -OCH3 is 1. The van der Waals surface area contributed by atoms with Crippen molar-refractivity contribution in [3.05, 3.63) is 24.0 Å². The summed E-state index contributed by atoms with van der Waals surface area (Å²) in [6.07, 6.45) is 3.71. The topological polar surface area (TPSA) is 63.9 Å². The SMILES string of the molecule is COCCn1cccc1C(=O)N1CCC(OCCO)CC1. The number of nitrogens with zero attached hydrogens (tertiary/aromatic N) is 2. The van der Waals surface area contributed by atoms with E-state index < -0.39 is 0 Å². The van der Waals surface area contributed by atoms with Crippen LogP contribution in [-0.4, -0.2) is 66.6 Å². The third-order valence-corrected chi connectivity index (χ3v) is 3.76. The summed E-state index contributed by atoms with van der Waals surface area (Å²) in [5.74, 6) is 0.0664. The number of ether oxygens (including phenoxy) is 2. The first-order valence-corrected chi connectivity index (χ1v) is 7.42. The van der Waals surface area contributed by atoms with Crippen molar-refractivity contribution in [1.82, 2.24) is 9.47 Å². The highest BCUT2D eigenvalue weighted by molar-refractivity contribution is 5.92. The highest BCUT2D eigenvalue weighted by atomic mass is 16.5. The van der Waals surface area contributed by atoms with Gasteiger partial charge in [0.15, 0.2) is 0 Å². The van der Waals surface area contributed by atoms with Crippen LogP contribution in [0.1, 0.15) is 23.3 Å². The lowest BCUT2D eigenvalue weighted by Crippen LogP contribution is -2.41. The van der Waals surface area contributed by atoms with Gasteiger partial charge in [-0.15, -0.1) is 0 Å². The van der Waals surface area contributed by atoms with Crippen LogP contribution in [-0.2, 0) is 16.0 Å². The largest absolute Gasteiger partial charge is 0.394 e. The number of rotatable bonds is 7. The number of piperidine rings is 1. The minimum absolute atomic E-state index is 0.0478. The monoisotopic (exact) mass is 296 g/mol. The third kappa shape index (κ3) is 4.30. The van der Waals surface area contributed by atoms with E-state index in [1.165, 1.54) is 0 Å². The van der Waals surface area contributed by atoms with Crippen LogP contribution < -0.4 is 0 Å². The van der Waals surface area contributed by atoms with Crippen LogP contribution in [0.5, 0.6) is 0 Å². The first kappa shape index (κ1) is 16.0. The van der Waals surface area contributed by atoms with E-state index in [0.29, 0.717) is 38.5 Å². The molecule has 6 heteroatoms. The second kappa shape index (κ2) is 8.17. The number of amides is 1. The third-order valence-electron chi connectivity index (χ3n) is 3.76. The number of aliphatic hydroxyl groups excluding tert-OH is 1. The van der Waals surface area contributed by atoms with Gasteiger partial charge in [0, 0.05) is 32.9 Å². The van der Waals surface area contributed by atoms with E-state index in [-0.39, 0.29) is 18.6 Å². The van der Waals surface area contributed by atoms with Gasteiger partial charge in [-0.25, -0.2) is 0 Å². The average molecular weight is 296 g/mol. The number of hydrogen-bond acceptors (Lipinski definition) is 4. The van der Waals surface area contributed by atoms with Gasteiger partial charge in [0.25, 0.3) is 5.91 Å². The molecule has 118 valence electrons. The standard InChI is InChI=1S/C15H24N2O4/c1-20-11-9-16-6-2-3-14(16)15(19)17-7-4-13(5-8-17)21-12-10-18/h2-3,6,13,18H,4-5,7-12H2,1H3. The molecule has 1 fully saturated rings. The zero-order valence-electron chi connectivity index (χ0n) is 12.5. The van der Waals surface area contributed by atoms with Crippen molar-refractivity contribution in [1.29, 1.82) is 0 Å².